The average molecular weight is 1010 g/mol. The van der Waals surface area contributed by atoms with E-state index in [9.17, 15) is 6.48 Å². The van der Waals surface area contributed by atoms with E-state index in [0.29, 0.717) is 23.4 Å². The van der Waals surface area contributed by atoms with Gasteiger partial charge in [-0.05, 0) is 127 Å². The summed E-state index contributed by atoms with van der Waals surface area (Å²) in [6.45, 7) is 32.4. The van der Waals surface area contributed by atoms with Gasteiger partial charge in [0.1, 0.15) is 0 Å². The largest absolute Gasteiger partial charge is 0.504 e. The summed E-state index contributed by atoms with van der Waals surface area (Å²) in [5.74, 6) is 0.524. The second-order valence-corrected chi connectivity index (χ2v) is 22.2. The average Bonchev–Trinajstić information content (AvgIpc) is 3.48. The van der Waals surface area contributed by atoms with E-state index in [4.69, 9.17) is 9.97 Å². The van der Waals surface area contributed by atoms with Gasteiger partial charge in [0.15, 0.2) is 11.4 Å². The predicted octanol–water partition coefficient (Wildman–Crippen LogP) is 16.3. The number of para-hydroxylation sites is 1. The van der Waals surface area contributed by atoms with Gasteiger partial charge in [-0.15, -0.1) is 6.07 Å². The van der Waals surface area contributed by atoms with Crippen LogP contribution in [0.4, 0.5) is 0 Å². The van der Waals surface area contributed by atoms with E-state index in [1.165, 1.54) is 33.4 Å². The fourth-order valence-electron chi connectivity index (χ4n) is 10.5. The molecule has 0 atom stereocenters. The smallest absolute Gasteiger partial charge is 0.173 e. The Bertz CT molecular complexity index is 3100. The van der Waals surface area contributed by atoms with Crippen molar-refractivity contribution in [3.05, 3.63) is 106 Å². The van der Waals surface area contributed by atoms with Crippen molar-refractivity contribution in [2.24, 2.45) is 5.41 Å². The van der Waals surface area contributed by atoms with Crippen LogP contribution in [0.1, 0.15) is 181 Å². The topological polar surface area (TPSA) is 50.4 Å². The van der Waals surface area contributed by atoms with E-state index in [0.717, 1.165) is 91.1 Å². The summed E-state index contributed by atoms with van der Waals surface area (Å²) in [6, 6.07) is 24.1. The Morgan fingerprint density at radius 1 is 0.758 bits per heavy atom. The number of pyridine rings is 1. The molecule has 326 valence electrons. The third-order valence-electron chi connectivity index (χ3n) is 14.0. The molecule has 0 radical (unpaired) electrons. The molecule has 5 heteroatoms. The van der Waals surface area contributed by atoms with Crippen LogP contribution in [0.3, 0.4) is 0 Å². The molecule has 4 nitrogen and oxygen atoms in total. The number of aromatic nitrogens is 3. The van der Waals surface area contributed by atoms with Gasteiger partial charge >= 0.3 is 0 Å². The third kappa shape index (κ3) is 7.25. The molecule has 1 fully saturated rings. The van der Waals surface area contributed by atoms with Crippen molar-refractivity contribution in [2.45, 2.75) is 157 Å². The molecule has 0 amide bonds. The van der Waals surface area contributed by atoms with E-state index < -0.39 is 5.89 Å². The fraction of sp³-hybridized carbons (Fsp3) is 0.439. The van der Waals surface area contributed by atoms with Crippen LogP contribution in [0.2, 0.25) is 0 Å². The maximum absolute atomic E-state index is 11.7. The quantitative estimate of drug-likeness (QED) is 0.106. The maximum Gasteiger partial charge on any atom is 0.173 e. The minimum atomic E-state index is -0.790. The SMILES string of the molecule is [2H]C1(c2cc3c(C(C)(C)C)c4cc(C(C)(C)C)c5cc(-c6c(C(C)C)cc(C(C)C)cc6C(C)C)cnc5c4[c-]c3c3nc4c(O)c5ccccc5n4cc23)CCC(C)(C)CC1.[Pt]. The molecule has 9 rings (SSSR count). The minimum Gasteiger partial charge on any atom is -0.504 e. The zero-order chi connectivity index (χ0) is 44.6. The Morgan fingerprint density at radius 2 is 1.37 bits per heavy atom. The van der Waals surface area contributed by atoms with Crippen molar-refractivity contribution >= 4 is 59.9 Å². The summed E-state index contributed by atoms with van der Waals surface area (Å²) >= 11 is 0. The molecular formula is C57H66N3OPt-. The molecule has 1 N–H and O–H groups in total. The molecule has 0 saturated heterocycles. The summed E-state index contributed by atoms with van der Waals surface area (Å²) < 4.78 is 12.3. The van der Waals surface area contributed by atoms with E-state index >= 15 is 0 Å². The number of hydrogen-bond acceptors (Lipinski definition) is 3. The van der Waals surface area contributed by atoms with Crippen LogP contribution in [0.25, 0.3) is 71.0 Å². The van der Waals surface area contributed by atoms with E-state index in [1.807, 2.05) is 28.7 Å². The van der Waals surface area contributed by atoms with Gasteiger partial charge in [-0.1, -0.05) is 167 Å². The van der Waals surface area contributed by atoms with Crippen molar-refractivity contribution in [1.29, 1.82) is 0 Å². The molecule has 0 bridgehead atoms. The number of aromatic hydroxyl groups is 1. The number of fused-ring (bicyclic) bond motifs is 9. The Kier molecular flexibility index (Phi) is 10.7. The van der Waals surface area contributed by atoms with Gasteiger partial charge in [-0.3, -0.25) is 14.4 Å². The predicted molar refractivity (Wildman–Crippen MR) is 261 cm³/mol. The van der Waals surface area contributed by atoms with E-state index in [-0.39, 0.29) is 43.1 Å². The summed E-state index contributed by atoms with van der Waals surface area (Å²) in [5, 5.41) is 18.8. The monoisotopic (exact) mass is 1000 g/mol. The van der Waals surface area contributed by atoms with Crippen molar-refractivity contribution in [2.75, 3.05) is 0 Å². The van der Waals surface area contributed by atoms with E-state index in [1.54, 1.807) is 0 Å². The molecule has 5 aromatic carbocycles. The summed E-state index contributed by atoms with van der Waals surface area (Å²) in [5.41, 5.74) is 13.0. The standard InChI is InChI=1S/C57H66N3O.Pt/c1-31(2)35-23-38(32(3)4)49(39(24-35)33(5)6)36-25-45-47(55(7,8)9)28-42-43(51(45)58-29-36)27-44-41(50(42)56(10,11)12)26-40(34-19-21-57(13,14)22-20-34)46-30-60-48-18-16-15-17-37(48)53(61)54(60)59-52(44)46;/h15-18,23-26,28-34,61H,19-22H2,1-14H3;/q-1;/i34D;. The first-order chi connectivity index (χ1) is 29.0. The van der Waals surface area contributed by atoms with Crippen molar-refractivity contribution in [3.63, 3.8) is 0 Å². The zero-order valence-electron chi connectivity index (χ0n) is 40.5. The maximum atomic E-state index is 11.7. The molecule has 0 aliphatic heterocycles. The Labute approximate surface area is 385 Å². The molecule has 0 spiro atoms. The number of nitrogens with zero attached hydrogens (tertiary/aromatic N) is 3. The number of rotatable bonds is 5. The third-order valence-corrected chi connectivity index (χ3v) is 14.0. The Hall–Kier alpha value is -4.27. The van der Waals surface area contributed by atoms with Gasteiger partial charge in [-0.25, -0.2) is 0 Å². The molecule has 1 aliphatic rings. The number of benzene rings is 5. The van der Waals surface area contributed by atoms with Crippen molar-refractivity contribution in [1.82, 2.24) is 14.4 Å². The zero-order valence-corrected chi connectivity index (χ0v) is 41.8. The van der Waals surface area contributed by atoms with Crippen LogP contribution in [-0.4, -0.2) is 19.5 Å². The number of hydrogen-bond donors (Lipinski definition) is 1. The van der Waals surface area contributed by atoms with Crippen LogP contribution < -0.4 is 0 Å². The molecular weight excluding hydrogens is 938 g/mol. The second-order valence-electron chi connectivity index (χ2n) is 22.2. The minimum absolute atomic E-state index is 0. The first kappa shape index (κ1) is 43.0. The first-order valence-electron chi connectivity index (χ1n) is 23.4. The molecule has 0 unspecified atom stereocenters. The van der Waals surface area contributed by atoms with Crippen LogP contribution in [0.5, 0.6) is 5.75 Å². The summed E-state index contributed by atoms with van der Waals surface area (Å²) in [7, 11) is 0. The first-order valence-corrected chi connectivity index (χ1v) is 22.9. The van der Waals surface area contributed by atoms with Gasteiger partial charge in [0.2, 0.25) is 0 Å². The van der Waals surface area contributed by atoms with Gasteiger partial charge < -0.3 is 5.11 Å². The van der Waals surface area contributed by atoms with Gasteiger partial charge in [0.25, 0.3) is 0 Å². The van der Waals surface area contributed by atoms with Gasteiger partial charge in [0, 0.05) is 51.2 Å². The molecule has 1 aliphatic carbocycles. The van der Waals surface area contributed by atoms with E-state index in [2.05, 4.69) is 146 Å². The van der Waals surface area contributed by atoms with Crippen LogP contribution >= 0.6 is 0 Å². The van der Waals surface area contributed by atoms with Gasteiger partial charge in [0.05, 0.1) is 5.52 Å². The molecule has 62 heavy (non-hydrogen) atoms. The molecule has 8 aromatic rings. The molecule has 1 saturated carbocycles. The summed E-state index contributed by atoms with van der Waals surface area (Å²) in [6.07, 6.45) is 7.80. The van der Waals surface area contributed by atoms with Gasteiger partial charge in [-0.2, -0.15) is 0 Å². The Morgan fingerprint density at radius 3 is 1.97 bits per heavy atom. The fourth-order valence-corrected chi connectivity index (χ4v) is 10.5. The molecule has 3 aromatic heterocycles. The second kappa shape index (κ2) is 15.5. The van der Waals surface area contributed by atoms with Crippen LogP contribution in [-0.2, 0) is 31.9 Å². The normalized spacial score (nSPS) is 16.2. The summed E-state index contributed by atoms with van der Waals surface area (Å²) in [4.78, 5) is 10.9. The van der Waals surface area contributed by atoms with Crippen molar-refractivity contribution in [3.8, 4) is 16.9 Å². The van der Waals surface area contributed by atoms with Crippen molar-refractivity contribution < 1.29 is 27.5 Å². The Balaban J connectivity index is 0.00000544. The molecule has 3 heterocycles. The van der Waals surface area contributed by atoms with Crippen LogP contribution in [0.15, 0.2) is 67.0 Å². The van der Waals surface area contributed by atoms with Crippen LogP contribution in [0, 0.1) is 11.5 Å².